The maximum Gasteiger partial charge on any atom is 0.260 e. The fourth-order valence-corrected chi connectivity index (χ4v) is 2.44. The fourth-order valence-electron chi connectivity index (χ4n) is 2.44. The van der Waals surface area contributed by atoms with E-state index in [9.17, 15) is 9.59 Å². The fraction of sp³-hybridized carbons (Fsp3) is 0.467. The molecule has 1 atom stereocenters. The minimum Gasteiger partial charge on any atom is -0.483 e. The van der Waals surface area contributed by atoms with Crippen molar-refractivity contribution in [3.05, 3.63) is 29.8 Å². The Morgan fingerprint density at radius 2 is 2.15 bits per heavy atom. The van der Waals surface area contributed by atoms with Gasteiger partial charge in [0.25, 0.3) is 11.8 Å². The monoisotopic (exact) mass is 276 g/mol. The van der Waals surface area contributed by atoms with E-state index in [4.69, 9.17) is 10.5 Å². The number of nitrogens with zero attached hydrogens (tertiary/aromatic N) is 1. The number of hydrogen-bond donors (Lipinski definition) is 1. The zero-order valence-electron chi connectivity index (χ0n) is 11.7. The van der Waals surface area contributed by atoms with E-state index in [1.54, 1.807) is 24.3 Å². The van der Waals surface area contributed by atoms with E-state index in [1.165, 1.54) is 0 Å². The molecule has 0 spiro atoms. The third kappa shape index (κ3) is 3.50. The molecule has 1 fully saturated rings. The molecule has 1 aromatic rings. The molecule has 1 saturated heterocycles. The van der Waals surface area contributed by atoms with Gasteiger partial charge in [-0.15, -0.1) is 0 Å². The average molecular weight is 276 g/mol. The Kier molecular flexibility index (Phi) is 4.61. The highest BCUT2D eigenvalue weighted by molar-refractivity contribution is 5.95. The number of primary amides is 1. The molecule has 5 nitrogen and oxygen atoms in total. The van der Waals surface area contributed by atoms with E-state index >= 15 is 0 Å². The first-order valence-electron chi connectivity index (χ1n) is 6.87. The largest absolute Gasteiger partial charge is 0.483 e. The maximum atomic E-state index is 12.1. The number of nitrogens with two attached hydrogens (primary N) is 1. The van der Waals surface area contributed by atoms with Crippen molar-refractivity contribution in [2.45, 2.75) is 19.8 Å². The molecule has 0 saturated carbocycles. The van der Waals surface area contributed by atoms with Gasteiger partial charge in [-0.3, -0.25) is 9.59 Å². The number of carbonyl (C=O) groups excluding carboxylic acids is 2. The number of likely N-dealkylation sites (tertiary alicyclic amines) is 1. The van der Waals surface area contributed by atoms with Crippen LogP contribution in [0.4, 0.5) is 0 Å². The molecule has 1 aliphatic rings. The third-order valence-corrected chi connectivity index (χ3v) is 3.51. The van der Waals surface area contributed by atoms with E-state index in [-0.39, 0.29) is 12.5 Å². The number of carbonyl (C=O) groups is 2. The van der Waals surface area contributed by atoms with Crippen molar-refractivity contribution in [1.29, 1.82) is 0 Å². The van der Waals surface area contributed by atoms with Crippen molar-refractivity contribution in [3.63, 3.8) is 0 Å². The van der Waals surface area contributed by atoms with Crippen LogP contribution in [0.3, 0.4) is 0 Å². The van der Waals surface area contributed by atoms with Crippen molar-refractivity contribution < 1.29 is 14.3 Å². The van der Waals surface area contributed by atoms with Gasteiger partial charge in [-0.25, -0.2) is 0 Å². The predicted molar refractivity (Wildman–Crippen MR) is 75.4 cm³/mol. The van der Waals surface area contributed by atoms with Crippen molar-refractivity contribution in [1.82, 2.24) is 4.90 Å². The molecule has 20 heavy (non-hydrogen) atoms. The predicted octanol–water partition coefficient (Wildman–Crippen LogP) is 1.42. The lowest BCUT2D eigenvalue weighted by atomic mass is 10.0. The molecule has 0 aromatic heterocycles. The lowest BCUT2D eigenvalue weighted by Crippen LogP contribution is -2.41. The summed E-state index contributed by atoms with van der Waals surface area (Å²) < 4.78 is 5.46. The molecule has 0 bridgehead atoms. The number of amides is 2. The molecule has 1 aromatic carbocycles. The molecule has 2 amide bonds. The highest BCUT2D eigenvalue weighted by Gasteiger charge is 2.21. The quantitative estimate of drug-likeness (QED) is 0.904. The molecule has 0 unspecified atom stereocenters. The van der Waals surface area contributed by atoms with Crippen molar-refractivity contribution in [3.8, 4) is 5.75 Å². The Hall–Kier alpha value is -2.04. The molecular formula is C15H20N2O3. The van der Waals surface area contributed by atoms with Crippen molar-refractivity contribution >= 4 is 11.8 Å². The van der Waals surface area contributed by atoms with Crippen LogP contribution in [-0.2, 0) is 4.79 Å². The van der Waals surface area contributed by atoms with Crippen LogP contribution in [0.1, 0.15) is 30.1 Å². The van der Waals surface area contributed by atoms with Gasteiger partial charge in [-0.05, 0) is 30.9 Å². The SMILES string of the molecule is C[C@@H]1CCCN(C(=O)COc2ccccc2C(N)=O)C1. The summed E-state index contributed by atoms with van der Waals surface area (Å²) >= 11 is 0. The van der Waals surface area contributed by atoms with Gasteiger partial charge in [0.15, 0.2) is 6.61 Å². The van der Waals surface area contributed by atoms with Gasteiger partial charge >= 0.3 is 0 Å². The van der Waals surface area contributed by atoms with E-state index in [0.717, 1.165) is 25.9 Å². The van der Waals surface area contributed by atoms with Gasteiger partial charge in [0.05, 0.1) is 5.56 Å². The summed E-state index contributed by atoms with van der Waals surface area (Å²) in [7, 11) is 0. The highest BCUT2D eigenvalue weighted by atomic mass is 16.5. The number of ether oxygens (including phenoxy) is 1. The molecular weight excluding hydrogens is 256 g/mol. The number of rotatable bonds is 4. The first-order valence-corrected chi connectivity index (χ1v) is 6.87. The first-order chi connectivity index (χ1) is 9.58. The molecule has 0 radical (unpaired) electrons. The third-order valence-electron chi connectivity index (χ3n) is 3.51. The zero-order valence-corrected chi connectivity index (χ0v) is 11.7. The van der Waals surface area contributed by atoms with E-state index in [1.807, 2.05) is 4.90 Å². The zero-order chi connectivity index (χ0) is 14.5. The summed E-state index contributed by atoms with van der Waals surface area (Å²) in [5.74, 6) is 0.291. The molecule has 0 aliphatic carbocycles. The number of benzene rings is 1. The van der Waals surface area contributed by atoms with Gasteiger partial charge in [0.2, 0.25) is 0 Å². The van der Waals surface area contributed by atoms with E-state index < -0.39 is 5.91 Å². The molecule has 1 heterocycles. The second-order valence-electron chi connectivity index (χ2n) is 5.24. The highest BCUT2D eigenvalue weighted by Crippen LogP contribution is 2.18. The normalized spacial score (nSPS) is 18.6. The van der Waals surface area contributed by atoms with Crippen LogP contribution < -0.4 is 10.5 Å². The van der Waals surface area contributed by atoms with E-state index in [0.29, 0.717) is 17.2 Å². The molecule has 2 N–H and O–H groups in total. The van der Waals surface area contributed by atoms with Crippen LogP contribution >= 0.6 is 0 Å². The summed E-state index contributed by atoms with van der Waals surface area (Å²) in [6, 6.07) is 6.69. The van der Waals surface area contributed by atoms with Gasteiger partial charge in [0.1, 0.15) is 5.75 Å². The van der Waals surface area contributed by atoms with Crippen LogP contribution in [0.2, 0.25) is 0 Å². The van der Waals surface area contributed by atoms with Crippen LogP contribution in [0.5, 0.6) is 5.75 Å². The smallest absolute Gasteiger partial charge is 0.260 e. The minimum atomic E-state index is -0.556. The molecule has 2 rings (SSSR count). The van der Waals surface area contributed by atoms with Gasteiger partial charge in [-0.1, -0.05) is 19.1 Å². The van der Waals surface area contributed by atoms with E-state index in [2.05, 4.69) is 6.92 Å². The standard InChI is InChI=1S/C15H20N2O3/c1-11-5-4-8-17(9-11)14(18)10-20-13-7-3-2-6-12(13)15(16)19/h2-3,6-7,11H,4-5,8-10H2,1H3,(H2,16,19)/t11-/m1/s1. The number of para-hydroxylation sites is 1. The van der Waals surface area contributed by atoms with Gasteiger partial charge < -0.3 is 15.4 Å². The van der Waals surface area contributed by atoms with Crippen molar-refractivity contribution in [2.24, 2.45) is 11.7 Å². The second-order valence-corrected chi connectivity index (χ2v) is 5.24. The first kappa shape index (κ1) is 14.4. The number of hydrogen-bond acceptors (Lipinski definition) is 3. The summed E-state index contributed by atoms with van der Waals surface area (Å²) in [5, 5.41) is 0. The lowest BCUT2D eigenvalue weighted by Gasteiger charge is -2.30. The molecule has 5 heteroatoms. The maximum absolute atomic E-state index is 12.1. The van der Waals surface area contributed by atoms with Crippen LogP contribution in [0.15, 0.2) is 24.3 Å². The Labute approximate surface area is 118 Å². The second kappa shape index (κ2) is 6.41. The van der Waals surface area contributed by atoms with Crippen LogP contribution in [0.25, 0.3) is 0 Å². The number of piperidine rings is 1. The average Bonchev–Trinajstić information content (AvgIpc) is 2.45. The van der Waals surface area contributed by atoms with Crippen LogP contribution in [-0.4, -0.2) is 36.4 Å². The molecule has 108 valence electrons. The Morgan fingerprint density at radius 3 is 2.85 bits per heavy atom. The lowest BCUT2D eigenvalue weighted by molar-refractivity contribution is -0.135. The summed E-state index contributed by atoms with van der Waals surface area (Å²) in [6.07, 6.45) is 2.19. The topological polar surface area (TPSA) is 72.6 Å². The minimum absolute atomic E-state index is 0.0455. The summed E-state index contributed by atoms with van der Waals surface area (Å²) in [6.45, 7) is 3.64. The van der Waals surface area contributed by atoms with Gasteiger partial charge in [-0.2, -0.15) is 0 Å². The van der Waals surface area contributed by atoms with Crippen LogP contribution in [0, 0.1) is 5.92 Å². The summed E-state index contributed by atoms with van der Waals surface area (Å²) in [5.41, 5.74) is 5.57. The Balaban J connectivity index is 1.95. The van der Waals surface area contributed by atoms with Gasteiger partial charge in [0, 0.05) is 13.1 Å². The van der Waals surface area contributed by atoms with Crippen molar-refractivity contribution in [2.75, 3.05) is 19.7 Å². The summed E-state index contributed by atoms with van der Waals surface area (Å²) in [4.78, 5) is 25.2. The Morgan fingerprint density at radius 1 is 1.40 bits per heavy atom. The molecule has 1 aliphatic heterocycles. The Bertz CT molecular complexity index is 502.